The molecule has 0 bridgehead atoms. The van der Waals surface area contributed by atoms with Crippen molar-refractivity contribution < 1.29 is 24.6 Å². The molecular weight excluding hydrogens is 422 g/mol. The number of hydrogen-bond donors (Lipinski definition) is 5. The van der Waals surface area contributed by atoms with Gasteiger partial charge in [-0.1, -0.05) is 44.1 Å². The molecule has 6 N–H and O–H groups in total. The maximum Gasteiger partial charge on any atom is 0.328 e. The number of aromatic hydroxyl groups is 1. The molecule has 1 rings (SSSR count). The second-order valence-electron chi connectivity index (χ2n) is 7.93. The predicted molar refractivity (Wildman–Crippen MR) is 129 cm³/mol. The van der Waals surface area contributed by atoms with Gasteiger partial charge >= 0.3 is 5.97 Å². The average Bonchev–Trinajstić information content (AvgIpc) is 2.78. The lowest BCUT2D eigenvalue weighted by atomic mass is 10.0. The topological polar surface area (TPSA) is 142 Å². The largest absolute Gasteiger partial charge is 0.508 e. The molecule has 0 aliphatic rings. The number of aliphatic carboxylic acids is 1. The third-order valence-corrected chi connectivity index (χ3v) is 5.02. The van der Waals surface area contributed by atoms with E-state index in [-0.39, 0.29) is 18.1 Å². The number of benzene rings is 1. The zero-order valence-corrected chi connectivity index (χ0v) is 19.3. The highest BCUT2D eigenvalue weighted by atomic mass is 16.4. The smallest absolute Gasteiger partial charge is 0.328 e. The number of phenolic OH excluding ortho intramolecular Hbond substituents is 1. The van der Waals surface area contributed by atoms with E-state index in [9.17, 15) is 19.5 Å². The van der Waals surface area contributed by atoms with Crippen molar-refractivity contribution in [1.29, 1.82) is 0 Å². The molecule has 8 nitrogen and oxygen atoms in total. The second-order valence-corrected chi connectivity index (χ2v) is 7.93. The van der Waals surface area contributed by atoms with Gasteiger partial charge in [0.05, 0.1) is 0 Å². The number of unbranched alkanes of at least 4 members (excludes halogenated alkanes) is 4. The van der Waals surface area contributed by atoms with E-state index in [1.807, 2.05) is 0 Å². The fraction of sp³-hybridized carbons (Fsp3) is 0.480. The van der Waals surface area contributed by atoms with Gasteiger partial charge in [0.2, 0.25) is 11.8 Å². The van der Waals surface area contributed by atoms with Gasteiger partial charge in [0.15, 0.2) is 0 Å². The van der Waals surface area contributed by atoms with Crippen molar-refractivity contribution in [3.05, 3.63) is 54.1 Å². The van der Waals surface area contributed by atoms with Gasteiger partial charge in [-0.3, -0.25) is 9.59 Å². The molecule has 1 aromatic rings. The van der Waals surface area contributed by atoms with E-state index >= 15 is 0 Å². The standard InChI is InChI=1S/C25H37N3O5/c1-2-3-4-5-6-10-23(30)28-22(18-19-11-14-21(29)15-12-19)25(33)27-20(9-7-8-17-26)13-16-24(31)32/h6,10-16,20,22,29H,2-5,7-9,17-18,26H2,1H3,(H,27,33)(H,28,30)(H,31,32)/b10-6+,16-13+/t20-,22+/m1/s1. The molecule has 0 fully saturated rings. The van der Waals surface area contributed by atoms with Gasteiger partial charge in [0, 0.05) is 18.5 Å². The van der Waals surface area contributed by atoms with Crippen molar-refractivity contribution >= 4 is 17.8 Å². The molecule has 0 radical (unpaired) electrons. The van der Waals surface area contributed by atoms with E-state index in [0.29, 0.717) is 13.0 Å². The summed E-state index contributed by atoms with van der Waals surface area (Å²) in [6, 6.07) is 5.05. The van der Waals surface area contributed by atoms with E-state index < -0.39 is 24.0 Å². The Morgan fingerprint density at radius 1 is 1.03 bits per heavy atom. The zero-order chi connectivity index (χ0) is 24.5. The summed E-state index contributed by atoms with van der Waals surface area (Å²) in [6.07, 6.45) is 11.9. The lowest BCUT2D eigenvalue weighted by Crippen LogP contribution is -2.50. The van der Waals surface area contributed by atoms with Gasteiger partial charge in [-0.05, 0) is 62.4 Å². The summed E-state index contributed by atoms with van der Waals surface area (Å²) in [7, 11) is 0. The molecule has 0 spiro atoms. The molecule has 2 atom stereocenters. The molecule has 33 heavy (non-hydrogen) atoms. The summed E-state index contributed by atoms with van der Waals surface area (Å²) in [5.41, 5.74) is 6.30. The van der Waals surface area contributed by atoms with Gasteiger partial charge in [0.25, 0.3) is 0 Å². The van der Waals surface area contributed by atoms with Crippen molar-refractivity contribution in [1.82, 2.24) is 10.6 Å². The van der Waals surface area contributed by atoms with Gasteiger partial charge < -0.3 is 26.6 Å². The maximum atomic E-state index is 13.0. The predicted octanol–water partition coefficient (Wildman–Crippen LogP) is 2.81. The first-order valence-electron chi connectivity index (χ1n) is 11.5. The highest BCUT2D eigenvalue weighted by Gasteiger charge is 2.22. The second kappa shape index (κ2) is 16.5. The minimum atomic E-state index is -1.10. The van der Waals surface area contributed by atoms with Gasteiger partial charge in [-0.2, -0.15) is 0 Å². The van der Waals surface area contributed by atoms with E-state index in [0.717, 1.165) is 50.2 Å². The summed E-state index contributed by atoms with van der Waals surface area (Å²) < 4.78 is 0. The Morgan fingerprint density at radius 2 is 1.76 bits per heavy atom. The molecule has 0 saturated heterocycles. The van der Waals surface area contributed by atoms with Crippen molar-refractivity contribution in [2.45, 2.75) is 70.4 Å². The molecule has 0 unspecified atom stereocenters. The number of carboxylic acids is 1. The third-order valence-electron chi connectivity index (χ3n) is 5.02. The summed E-state index contributed by atoms with van der Waals surface area (Å²) >= 11 is 0. The van der Waals surface area contributed by atoms with Gasteiger partial charge in [-0.15, -0.1) is 0 Å². The Kier molecular flexibility index (Phi) is 13.9. The summed E-state index contributed by atoms with van der Waals surface area (Å²) in [5, 5.41) is 24.0. The lowest BCUT2D eigenvalue weighted by molar-refractivity contribution is -0.131. The molecular formula is C25H37N3O5. The number of allylic oxidation sites excluding steroid dienone is 1. The maximum absolute atomic E-state index is 13.0. The van der Waals surface area contributed by atoms with Crippen LogP contribution in [-0.2, 0) is 20.8 Å². The number of nitrogens with two attached hydrogens (primary N) is 1. The number of nitrogens with one attached hydrogen (secondary N) is 2. The minimum absolute atomic E-state index is 0.109. The Morgan fingerprint density at radius 3 is 2.39 bits per heavy atom. The molecule has 0 saturated carbocycles. The van der Waals surface area contributed by atoms with E-state index in [2.05, 4.69) is 17.6 Å². The minimum Gasteiger partial charge on any atom is -0.508 e. The number of carbonyl (C=O) groups excluding carboxylic acids is 2. The monoisotopic (exact) mass is 459 g/mol. The number of carbonyl (C=O) groups is 3. The van der Waals surface area contributed by atoms with Crippen LogP contribution in [0.25, 0.3) is 0 Å². The van der Waals surface area contributed by atoms with Crippen molar-refractivity contribution in [3.8, 4) is 5.75 Å². The van der Waals surface area contributed by atoms with Crippen molar-refractivity contribution in [3.63, 3.8) is 0 Å². The highest BCUT2D eigenvalue weighted by molar-refractivity contribution is 5.93. The SMILES string of the molecule is CCCCC/C=C/C(=O)N[C@@H](Cc1ccc(O)cc1)C(=O)N[C@@H](/C=C/C(=O)O)CCCCN. The Hall–Kier alpha value is -3.13. The van der Waals surface area contributed by atoms with E-state index in [4.69, 9.17) is 10.8 Å². The molecule has 2 amide bonds. The first kappa shape index (κ1) is 27.9. The van der Waals surface area contributed by atoms with Crippen LogP contribution in [-0.4, -0.2) is 46.6 Å². The number of carboxylic acid groups (broad SMARTS) is 1. The van der Waals surface area contributed by atoms with Crippen LogP contribution in [0.4, 0.5) is 0 Å². The van der Waals surface area contributed by atoms with Crippen LogP contribution in [0.15, 0.2) is 48.6 Å². The van der Waals surface area contributed by atoms with Crippen LogP contribution in [0.2, 0.25) is 0 Å². The zero-order valence-electron chi connectivity index (χ0n) is 19.3. The first-order chi connectivity index (χ1) is 15.8. The Labute approximate surface area is 195 Å². The molecule has 0 aliphatic carbocycles. The molecule has 182 valence electrons. The highest BCUT2D eigenvalue weighted by Crippen LogP contribution is 2.12. The van der Waals surface area contributed by atoms with Crippen LogP contribution < -0.4 is 16.4 Å². The average molecular weight is 460 g/mol. The normalized spacial score (nSPS) is 13.2. The van der Waals surface area contributed by atoms with Crippen LogP contribution in [0.3, 0.4) is 0 Å². The Bertz CT molecular complexity index is 790. The molecule has 8 heteroatoms. The van der Waals surface area contributed by atoms with Crippen LogP contribution in [0.1, 0.15) is 57.4 Å². The number of hydrogen-bond acceptors (Lipinski definition) is 5. The molecule has 1 aromatic carbocycles. The van der Waals surface area contributed by atoms with Crippen LogP contribution in [0.5, 0.6) is 5.75 Å². The summed E-state index contributed by atoms with van der Waals surface area (Å²) in [4.78, 5) is 36.4. The first-order valence-corrected chi connectivity index (χ1v) is 11.5. The van der Waals surface area contributed by atoms with Crippen molar-refractivity contribution in [2.24, 2.45) is 5.73 Å². The van der Waals surface area contributed by atoms with E-state index in [1.54, 1.807) is 18.2 Å². The van der Waals surface area contributed by atoms with E-state index in [1.165, 1.54) is 24.3 Å². The molecule has 0 heterocycles. The third kappa shape index (κ3) is 13.1. The fourth-order valence-electron chi connectivity index (χ4n) is 3.21. The van der Waals surface area contributed by atoms with Crippen LogP contribution >= 0.6 is 0 Å². The molecule has 0 aromatic heterocycles. The van der Waals surface area contributed by atoms with Gasteiger partial charge in [0.1, 0.15) is 11.8 Å². The fourth-order valence-corrected chi connectivity index (χ4v) is 3.21. The van der Waals surface area contributed by atoms with Crippen molar-refractivity contribution in [2.75, 3.05) is 6.54 Å². The van der Waals surface area contributed by atoms with Crippen LogP contribution in [0, 0.1) is 0 Å². The number of phenols is 1. The number of rotatable bonds is 16. The quantitative estimate of drug-likeness (QED) is 0.190. The Balaban J connectivity index is 2.91. The summed E-state index contributed by atoms with van der Waals surface area (Å²) in [5.74, 6) is -1.78. The van der Waals surface area contributed by atoms with Gasteiger partial charge in [-0.25, -0.2) is 4.79 Å². The number of amides is 2. The lowest BCUT2D eigenvalue weighted by Gasteiger charge is -2.22. The molecule has 0 aliphatic heterocycles. The summed E-state index contributed by atoms with van der Waals surface area (Å²) in [6.45, 7) is 2.62.